The number of ether oxygens (including phenoxy) is 1. The van der Waals surface area contributed by atoms with Crippen molar-refractivity contribution >= 4 is 28.4 Å². The summed E-state index contributed by atoms with van der Waals surface area (Å²) in [5.74, 6) is 0.469. The Hall–Kier alpha value is -2.85. The lowest BCUT2D eigenvalue weighted by atomic mass is 9.70. The van der Waals surface area contributed by atoms with Crippen LogP contribution in [0.5, 0.6) is 5.75 Å². The van der Waals surface area contributed by atoms with Crippen molar-refractivity contribution in [3.8, 4) is 5.75 Å². The van der Waals surface area contributed by atoms with Crippen molar-refractivity contribution in [1.29, 1.82) is 0 Å². The molecule has 4 nitrogen and oxygen atoms in total. The number of carbonyl (C=O) groups is 1. The van der Waals surface area contributed by atoms with Gasteiger partial charge in [-0.3, -0.25) is 4.79 Å². The van der Waals surface area contributed by atoms with Crippen LogP contribution in [-0.2, 0) is 4.79 Å². The lowest BCUT2D eigenvalue weighted by Crippen LogP contribution is -2.35. The highest BCUT2D eigenvalue weighted by atomic mass is 35.5. The predicted octanol–water partition coefficient (Wildman–Crippen LogP) is 5.61. The van der Waals surface area contributed by atoms with E-state index in [1.165, 1.54) is 0 Å². The van der Waals surface area contributed by atoms with Gasteiger partial charge in [0.1, 0.15) is 17.1 Å². The van der Waals surface area contributed by atoms with Crippen molar-refractivity contribution in [3.63, 3.8) is 0 Å². The molecule has 1 atom stereocenters. The maximum absolute atomic E-state index is 13.2. The third kappa shape index (κ3) is 2.82. The molecule has 0 fully saturated rings. The monoisotopic (exact) mass is 406 g/mol. The molecule has 1 aliphatic carbocycles. The molecule has 1 aromatic heterocycles. The van der Waals surface area contributed by atoms with Gasteiger partial charge in [-0.25, -0.2) is 4.79 Å². The molecular formula is C24H19ClO4. The Balaban J connectivity index is 1.87. The highest BCUT2D eigenvalue weighted by Crippen LogP contribution is 2.51. The van der Waals surface area contributed by atoms with Crippen LogP contribution >= 0.6 is 11.6 Å². The zero-order chi connectivity index (χ0) is 20.3. The van der Waals surface area contributed by atoms with Crippen LogP contribution in [0.15, 0.2) is 69.1 Å². The van der Waals surface area contributed by atoms with Crippen molar-refractivity contribution in [2.45, 2.75) is 32.6 Å². The van der Waals surface area contributed by atoms with E-state index in [4.69, 9.17) is 20.8 Å². The second-order valence-corrected chi connectivity index (χ2v) is 8.87. The summed E-state index contributed by atoms with van der Waals surface area (Å²) in [6.07, 6.45) is 1.01. The van der Waals surface area contributed by atoms with E-state index in [-0.39, 0.29) is 11.2 Å². The van der Waals surface area contributed by atoms with Crippen molar-refractivity contribution in [3.05, 3.63) is 86.4 Å². The standard InChI is InChI=1S/C24H19ClO4/c1-24(2)11-16(26)20-18(12-24)28-22-14-8-4-6-10-17(14)29-23(27)21(22)19(20)13-7-3-5-9-15(13)25/h3-10,19H,11-12H2,1-2H3. The van der Waals surface area contributed by atoms with E-state index in [1.54, 1.807) is 12.1 Å². The minimum absolute atomic E-state index is 0.0145. The third-order valence-electron chi connectivity index (χ3n) is 5.70. The van der Waals surface area contributed by atoms with Crippen LogP contribution in [0.3, 0.4) is 0 Å². The van der Waals surface area contributed by atoms with E-state index in [2.05, 4.69) is 13.8 Å². The number of para-hydroxylation sites is 1. The van der Waals surface area contributed by atoms with Crippen LogP contribution < -0.4 is 10.4 Å². The summed E-state index contributed by atoms with van der Waals surface area (Å²) in [4.78, 5) is 26.3. The minimum atomic E-state index is -0.605. The molecule has 0 saturated carbocycles. The zero-order valence-electron chi connectivity index (χ0n) is 16.1. The molecule has 5 rings (SSSR count). The lowest BCUT2D eigenvalue weighted by molar-refractivity contribution is -0.118. The first-order valence-electron chi connectivity index (χ1n) is 9.60. The van der Waals surface area contributed by atoms with E-state index in [1.807, 2.05) is 36.4 Å². The second-order valence-electron chi connectivity index (χ2n) is 8.46. The number of fused-ring (bicyclic) bond motifs is 3. The number of benzene rings is 2. The Kier molecular flexibility index (Phi) is 3.97. The fraction of sp³-hybridized carbons (Fsp3) is 0.250. The molecule has 29 heavy (non-hydrogen) atoms. The van der Waals surface area contributed by atoms with E-state index >= 15 is 0 Å². The first-order chi connectivity index (χ1) is 13.9. The number of ketones is 1. The van der Waals surface area contributed by atoms with Gasteiger partial charge in [0.15, 0.2) is 5.78 Å². The Morgan fingerprint density at radius 3 is 2.52 bits per heavy atom. The largest absolute Gasteiger partial charge is 0.460 e. The normalized spacial score (nSPS) is 20.2. The molecule has 0 N–H and O–H groups in total. The van der Waals surface area contributed by atoms with Crippen LogP contribution in [0.1, 0.15) is 43.7 Å². The van der Waals surface area contributed by atoms with E-state index in [9.17, 15) is 9.59 Å². The number of allylic oxidation sites excluding steroid dienone is 2. The summed E-state index contributed by atoms with van der Waals surface area (Å²) in [7, 11) is 0. The Morgan fingerprint density at radius 2 is 1.72 bits per heavy atom. The van der Waals surface area contributed by atoms with E-state index < -0.39 is 11.5 Å². The molecule has 5 heteroatoms. The summed E-state index contributed by atoms with van der Waals surface area (Å²) in [5, 5.41) is 1.21. The quantitative estimate of drug-likeness (QED) is 0.492. The van der Waals surface area contributed by atoms with Gasteiger partial charge in [-0.05, 0) is 29.2 Å². The van der Waals surface area contributed by atoms with Gasteiger partial charge in [0.2, 0.25) is 0 Å². The lowest BCUT2D eigenvalue weighted by Gasteiger charge is -2.38. The molecule has 0 saturated heterocycles. The van der Waals surface area contributed by atoms with E-state index in [0.29, 0.717) is 57.0 Å². The van der Waals surface area contributed by atoms with Gasteiger partial charge in [-0.2, -0.15) is 0 Å². The zero-order valence-corrected chi connectivity index (χ0v) is 16.9. The molecular weight excluding hydrogens is 388 g/mol. The van der Waals surface area contributed by atoms with Gasteiger partial charge in [0.05, 0.1) is 16.9 Å². The van der Waals surface area contributed by atoms with Crippen LogP contribution in [0.2, 0.25) is 5.02 Å². The summed E-state index contributed by atoms with van der Waals surface area (Å²) in [6, 6.07) is 14.6. The molecule has 0 spiro atoms. The summed E-state index contributed by atoms with van der Waals surface area (Å²) >= 11 is 6.52. The molecule has 2 aliphatic rings. The topological polar surface area (TPSA) is 56.5 Å². The maximum Gasteiger partial charge on any atom is 0.344 e. The van der Waals surface area contributed by atoms with Gasteiger partial charge in [-0.15, -0.1) is 0 Å². The van der Waals surface area contributed by atoms with Crippen molar-refractivity contribution in [1.82, 2.24) is 0 Å². The average molecular weight is 407 g/mol. The van der Waals surface area contributed by atoms with Crippen molar-refractivity contribution in [2.24, 2.45) is 5.41 Å². The van der Waals surface area contributed by atoms with Gasteiger partial charge in [-0.1, -0.05) is 55.8 Å². The first-order valence-corrected chi connectivity index (χ1v) is 9.98. The number of hydrogen-bond acceptors (Lipinski definition) is 4. The van der Waals surface area contributed by atoms with Crippen LogP contribution in [0, 0.1) is 5.41 Å². The number of carbonyl (C=O) groups excluding carboxylic acids is 1. The van der Waals surface area contributed by atoms with Gasteiger partial charge < -0.3 is 9.15 Å². The van der Waals surface area contributed by atoms with Crippen LogP contribution in [0.4, 0.5) is 0 Å². The van der Waals surface area contributed by atoms with Crippen molar-refractivity contribution < 1.29 is 13.9 Å². The van der Waals surface area contributed by atoms with Gasteiger partial charge in [0.25, 0.3) is 0 Å². The minimum Gasteiger partial charge on any atom is -0.460 e. The number of rotatable bonds is 1. The second kappa shape index (κ2) is 6.33. The van der Waals surface area contributed by atoms with E-state index in [0.717, 1.165) is 0 Å². The number of halogens is 1. The summed E-state index contributed by atoms with van der Waals surface area (Å²) in [6.45, 7) is 4.10. The van der Waals surface area contributed by atoms with Gasteiger partial charge in [0, 0.05) is 23.4 Å². The fourth-order valence-corrected chi connectivity index (χ4v) is 4.72. The first kappa shape index (κ1) is 18.2. The number of Topliss-reactive ketones (excluding diaryl/α,β-unsaturated/α-hetero) is 1. The molecule has 3 aromatic rings. The Bertz CT molecular complexity index is 1270. The molecule has 0 amide bonds. The molecule has 1 aliphatic heterocycles. The molecule has 1 unspecified atom stereocenters. The average Bonchev–Trinajstić information content (AvgIpc) is 2.66. The van der Waals surface area contributed by atoms with Crippen molar-refractivity contribution in [2.75, 3.05) is 0 Å². The highest BCUT2D eigenvalue weighted by molar-refractivity contribution is 6.31. The molecule has 146 valence electrons. The predicted molar refractivity (Wildman–Crippen MR) is 111 cm³/mol. The maximum atomic E-state index is 13.2. The SMILES string of the molecule is CC1(C)CC(=O)C2=C(C1)Oc1c(c(=O)oc3ccccc13)C2c1ccccc1Cl. The number of hydrogen-bond donors (Lipinski definition) is 0. The van der Waals surface area contributed by atoms with Gasteiger partial charge >= 0.3 is 5.63 Å². The smallest absolute Gasteiger partial charge is 0.344 e. The Labute approximate surface area is 172 Å². The third-order valence-corrected chi connectivity index (χ3v) is 6.04. The molecule has 2 heterocycles. The summed E-state index contributed by atoms with van der Waals surface area (Å²) in [5.41, 5.74) is 1.30. The van der Waals surface area contributed by atoms with Crippen LogP contribution in [-0.4, -0.2) is 5.78 Å². The molecule has 0 bridgehead atoms. The molecule has 2 aromatic carbocycles. The Morgan fingerprint density at radius 1 is 1.00 bits per heavy atom. The fourth-order valence-electron chi connectivity index (χ4n) is 4.47. The molecule has 0 radical (unpaired) electrons. The highest BCUT2D eigenvalue weighted by Gasteiger charge is 2.44. The van der Waals surface area contributed by atoms with Crippen LogP contribution in [0.25, 0.3) is 11.0 Å². The summed E-state index contributed by atoms with van der Waals surface area (Å²) < 4.78 is 11.9.